The highest BCUT2D eigenvalue weighted by Crippen LogP contribution is 2.23. The number of rotatable bonds is 5. The molecule has 0 saturated carbocycles. The molecule has 21 heavy (non-hydrogen) atoms. The van der Waals surface area contributed by atoms with Gasteiger partial charge in [0.05, 0.1) is 5.75 Å². The van der Waals surface area contributed by atoms with Crippen molar-refractivity contribution in [3.05, 3.63) is 42.4 Å². The molecule has 3 rings (SSSR count). The molecule has 6 heteroatoms. The zero-order valence-corrected chi connectivity index (χ0v) is 12.7. The third-order valence-corrected chi connectivity index (χ3v) is 4.28. The van der Waals surface area contributed by atoms with Crippen molar-refractivity contribution < 1.29 is 4.79 Å². The molecule has 2 aromatic heterocycles. The van der Waals surface area contributed by atoms with E-state index in [2.05, 4.69) is 29.0 Å². The number of aromatic nitrogens is 4. The lowest BCUT2D eigenvalue weighted by Crippen LogP contribution is -2.05. The van der Waals surface area contributed by atoms with Crippen LogP contribution in [0.1, 0.15) is 30.2 Å². The molecule has 0 aliphatic rings. The van der Waals surface area contributed by atoms with Crippen LogP contribution in [0.4, 0.5) is 0 Å². The molecule has 108 valence electrons. The van der Waals surface area contributed by atoms with Gasteiger partial charge in [0.2, 0.25) is 0 Å². The maximum Gasteiger partial charge on any atom is 0.191 e. The third-order valence-electron chi connectivity index (χ3n) is 3.32. The first-order valence-electron chi connectivity index (χ1n) is 6.78. The number of Topliss-reactive ketones (excluding diaryl/α,β-unsaturated/α-hetero) is 1. The van der Waals surface area contributed by atoms with Gasteiger partial charge >= 0.3 is 0 Å². The largest absolute Gasteiger partial charge is 0.360 e. The zero-order chi connectivity index (χ0) is 14.8. The summed E-state index contributed by atoms with van der Waals surface area (Å²) in [6, 6.07) is 8.10. The molecule has 1 N–H and O–H groups in total. The number of carbonyl (C=O) groups excluding carboxylic acids is 1. The van der Waals surface area contributed by atoms with Crippen LogP contribution in [0.3, 0.4) is 0 Å². The van der Waals surface area contributed by atoms with Crippen LogP contribution < -0.4 is 0 Å². The van der Waals surface area contributed by atoms with Crippen molar-refractivity contribution in [2.45, 2.75) is 25.0 Å². The lowest BCUT2D eigenvalue weighted by Gasteiger charge is -2.08. The number of carbonyl (C=O) groups is 1. The van der Waals surface area contributed by atoms with Crippen LogP contribution >= 0.6 is 11.8 Å². The number of nitrogens with one attached hydrogen (secondary N) is 1. The van der Waals surface area contributed by atoms with Crippen LogP contribution in [0.15, 0.2) is 41.9 Å². The Morgan fingerprint density at radius 2 is 2.19 bits per heavy atom. The van der Waals surface area contributed by atoms with Crippen molar-refractivity contribution in [2.75, 3.05) is 5.75 Å². The minimum atomic E-state index is 0.0933. The molecule has 0 unspecified atom stereocenters. The Morgan fingerprint density at radius 1 is 1.38 bits per heavy atom. The van der Waals surface area contributed by atoms with E-state index in [1.165, 1.54) is 11.8 Å². The smallest absolute Gasteiger partial charge is 0.191 e. The Balaban J connectivity index is 1.76. The summed E-state index contributed by atoms with van der Waals surface area (Å²) in [6.45, 7) is 4.13. The fourth-order valence-electron chi connectivity index (χ4n) is 2.20. The Morgan fingerprint density at radius 3 is 3.00 bits per heavy atom. The molecule has 0 spiro atoms. The van der Waals surface area contributed by atoms with E-state index in [-0.39, 0.29) is 11.8 Å². The fourth-order valence-corrected chi connectivity index (χ4v) is 3.13. The van der Waals surface area contributed by atoms with Crippen LogP contribution in [0.25, 0.3) is 10.9 Å². The summed E-state index contributed by atoms with van der Waals surface area (Å²) < 4.78 is 1.97. The van der Waals surface area contributed by atoms with E-state index in [4.69, 9.17) is 0 Å². The first-order chi connectivity index (χ1) is 10.2. The average Bonchev–Trinajstić information content (AvgIpc) is 3.11. The summed E-state index contributed by atoms with van der Waals surface area (Å²) in [5.41, 5.74) is 1.71. The topological polar surface area (TPSA) is 63.6 Å². The fraction of sp³-hybridized carbons (Fsp3) is 0.267. The number of fused-ring (bicyclic) bond motifs is 1. The molecule has 0 aliphatic carbocycles. The van der Waals surface area contributed by atoms with E-state index in [0.29, 0.717) is 5.75 Å². The van der Waals surface area contributed by atoms with Gasteiger partial charge in [-0.3, -0.25) is 4.79 Å². The highest BCUT2D eigenvalue weighted by atomic mass is 32.2. The summed E-state index contributed by atoms with van der Waals surface area (Å²) in [4.78, 5) is 15.5. The van der Waals surface area contributed by atoms with Crippen molar-refractivity contribution in [3.63, 3.8) is 0 Å². The van der Waals surface area contributed by atoms with Gasteiger partial charge in [-0.2, -0.15) is 0 Å². The third kappa shape index (κ3) is 2.71. The van der Waals surface area contributed by atoms with Gasteiger partial charge in [0.15, 0.2) is 10.9 Å². The summed E-state index contributed by atoms with van der Waals surface area (Å²) in [5.74, 6) is 0.448. The average molecular weight is 300 g/mol. The van der Waals surface area contributed by atoms with Gasteiger partial charge < -0.3 is 9.55 Å². The lowest BCUT2D eigenvalue weighted by molar-refractivity contribution is 0.102. The minimum absolute atomic E-state index is 0.0933. The molecule has 0 saturated heterocycles. The van der Waals surface area contributed by atoms with Crippen molar-refractivity contribution in [1.29, 1.82) is 0 Å². The highest BCUT2D eigenvalue weighted by Gasteiger charge is 2.14. The van der Waals surface area contributed by atoms with Crippen molar-refractivity contribution in [3.8, 4) is 0 Å². The molecule has 0 radical (unpaired) electrons. The van der Waals surface area contributed by atoms with E-state index in [1.54, 1.807) is 12.5 Å². The van der Waals surface area contributed by atoms with Crippen LogP contribution in [-0.4, -0.2) is 31.3 Å². The Bertz CT molecular complexity index is 775. The van der Waals surface area contributed by atoms with Crippen molar-refractivity contribution in [2.24, 2.45) is 0 Å². The van der Waals surface area contributed by atoms with Crippen LogP contribution in [0, 0.1) is 0 Å². The maximum atomic E-state index is 12.4. The predicted octanol–water partition coefficient (Wildman–Crippen LogP) is 3.32. The van der Waals surface area contributed by atoms with Gasteiger partial charge in [0.25, 0.3) is 0 Å². The number of benzene rings is 1. The van der Waals surface area contributed by atoms with Crippen molar-refractivity contribution in [1.82, 2.24) is 19.7 Å². The van der Waals surface area contributed by atoms with Gasteiger partial charge in [-0.25, -0.2) is 0 Å². The van der Waals surface area contributed by atoms with E-state index >= 15 is 0 Å². The number of para-hydroxylation sites is 1. The first-order valence-corrected chi connectivity index (χ1v) is 7.77. The maximum absolute atomic E-state index is 12.4. The molecular weight excluding hydrogens is 284 g/mol. The van der Waals surface area contributed by atoms with E-state index < -0.39 is 0 Å². The van der Waals surface area contributed by atoms with Gasteiger partial charge in [-0.1, -0.05) is 30.0 Å². The second kappa shape index (κ2) is 5.73. The number of aromatic amines is 1. The highest BCUT2D eigenvalue weighted by molar-refractivity contribution is 7.99. The number of thioether (sulfide) groups is 1. The molecule has 5 nitrogen and oxygen atoms in total. The van der Waals surface area contributed by atoms with Crippen LogP contribution in [0.5, 0.6) is 0 Å². The van der Waals surface area contributed by atoms with E-state index in [9.17, 15) is 4.79 Å². The SMILES string of the molecule is CC(C)n1cnnc1SCC(=O)c1c[nH]c2ccccc12. The second-order valence-corrected chi connectivity index (χ2v) is 6.02. The lowest BCUT2D eigenvalue weighted by atomic mass is 10.1. The molecule has 0 fully saturated rings. The first kappa shape index (κ1) is 13.9. The molecule has 0 amide bonds. The minimum Gasteiger partial charge on any atom is -0.360 e. The molecule has 0 bridgehead atoms. The van der Waals surface area contributed by atoms with Gasteiger partial charge in [-0.15, -0.1) is 10.2 Å². The van der Waals surface area contributed by atoms with E-state index in [1.807, 2.05) is 28.8 Å². The van der Waals surface area contributed by atoms with Gasteiger partial charge in [-0.05, 0) is 19.9 Å². The van der Waals surface area contributed by atoms with Crippen molar-refractivity contribution >= 4 is 28.4 Å². The molecule has 3 aromatic rings. The standard InChI is InChI=1S/C15H16N4OS/c1-10(2)19-9-17-18-15(19)21-8-14(20)12-7-16-13-6-4-3-5-11(12)13/h3-7,9-10,16H,8H2,1-2H3. The van der Waals surface area contributed by atoms with Gasteiger partial charge in [0.1, 0.15) is 6.33 Å². The predicted molar refractivity (Wildman–Crippen MR) is 83.8 cm³/mol. The summed E-state index contributed by atoms with van der Waals surface area (Å²) >= 11 is 1.42. The van der Waals surface area contributed by atoms with E-state index in [0.717, 1.165) is 21.6 Å². The summed E-state index contributed by atoms with van der Waals surface area (Å²) in [6.07, 6.45) is 3.48. The second-order valence-electron chi connectivity index (χ2n) is 5.07. The van der Waals surface area contributed by atoms with Gasteiger partial charge in [0, 0.05) is 28.7 Å². The molecular formula is C15H16N4OS. The molecule has 2 heterocycles. The Kier molecular flexibility index (Phi) is 3.79. The molecule has 0 aliphatic heterocycles. The normalized spacial score (nSPS) is 11.4. The Labute approximate surface area is 126 Å². The van der Waals surface area contributed by atoms with Crippen LogP contribution in [-0.2, 0) is 0 Å². The Hall–Kier alpha value is -2.08. The zero-order valence-electron chi connectivity index (χ0n) is 11.9. The molecule has 1 aromatic carbocycles. The number of ketones is 1. The molecule has 0 atom stereocenters. The summed E-state index contributed by atoms with van der Waals surface area (Å²) in [7, 11) is 0. The number of hydrogen-bond donors (Lipinski definition) is 1. The summed E-state index contributed by atoms with van der Waals surface area (Å²) in [5, 5.41) is 9.72. The quantitative estimate of drug-likeness (QED) is 0.580. The number of nitrogens with zero attached hydrogens (tertiary/aromatic N) is 3. The number of hydrogen-bond acceptors (Lipinski definition) is 4. The number of H-pyrrole nitrogens is 1. The van der Waals surface area contributed by atoms with Crippen LogP contribution in [0.2, 0.25) is 0 Å². The monoisotopic (exact) mass is 300 g/mol.